The summed E-state index contributed by atoms with van der Waals surface area (Å²) >= 11 is 1.06. The fourth-order valence-corrected chi connectivity index (χ4v) is 6.10. The van der Waals surface area contributed by atoms with Crippen molar-refractivity contribution in [1.82, 2.24) is 9.62 Å². The molecule has 108 valence electrons. The SMILES string of the molecule is N#Cc1ccc(S(=O)(=O)N2CCCC2C2CCCN2)s1. The fourth-order valence-electron chi connectivity index (χ4n) is 3.14. The van der Waals surface area contributed by atoms with Crippen molar-refractivity contribution in [2.24, 2.45) is 0 Å². The quantitative estimate of drug-likeness (QED) is 0.918. The normalized spacial score (nSPS) is 27.8. The summed E-state index contributed by atoms with van der Waals surface area (Å²) in [5.74, 6) is 0. The van der Waals surface area contributed by atoms with E-state index in [4.69, 9.17) is 5.26 Å². The molecule has 2 unspecified atom stereocenters. The predicted octanol–water partition coefficient (Wildman–Crippen LogP) is 1.52. The molecule has 0 aliphatic carbocycles. The molecule has 1 aromatic rings. The molecule has 3 heterocycles. The van der Waals surface area contributed by atoms with Gasteiger partial charge in [0.2, 0.25) is 0 Å². The molecule has 20 heavy (non-hydrogen) atoms. The Balaban J connectivity index is 1.87. The second kappa shape index (κ2) is 5.45. The lowest BCUT2D eigenvalue weighted by molar-refractivity contribution is 0.322. The molecule has 0 spiro atoms. The second-order valence-electron chi connectivity index (χ2n) is 5.26. The molecule has 1 N–H and O–H groups in total. The zero-order chi connectivity index (χ0) is 14.2. The maximum atomic E-state index is 12.7. The smallest absolute Gasteiger partial charge is 0.252 e. The minimum absolute atomic E-state index is 0.0649. The lowest BCUT2D eigenvalue weighted by Gasteiger charge is -2.28. The van der Waals surface area contributed by atoms with Gasteiger partial charge in [-0.05, 0) is 44.4 Å². The molecule has 2 fully saturated rings. The Morgan fingerprint density at radius 2 is 2.20 bits per heavy atom. The number of rotatable bonds is 3. The lowest BCUT2D eigenvalue weighted by Crippen LogP contribution is -2.46. The van der Waals surface area contributed by atoms with Gasteiger partial charge in [-0.2, -0.15) is 9.57 Å². The van der Waals surface area contributed by atoms with Gasteiger partial charge in [-0.3, -0.25) is 0 Å². The van der Waals surface area contributed by atoms with Gasteiger partial charge in [0.1, 0.15) is 15.2 Å². The van der Waals surface area contributed by atoms with Crippen LogP contribution in [0.2, 0.25) is 0 Å². The van der Waals surface area contributed by atoms with Crippen LogP contribution in [0.4, 0.5) is 0 Å². The van der Waals surface area contributed by atoms with Crippen LogP contribution >= 0.6 is 11.3 Å². The molecule has 7 heteroatoms. The molecular weight excluding hydrogens is 294 g/mol. The van der Waals surface area contributed by atoms with Gasteiger partial charge in [-0.1, -0.05) is 0 Å². The van der Waals surface area contributed by atoms with Crippen molar-refractivity contribution in [1.29, 1.82) is 5.26 Å². The first-order chi connectivity index (χ1) is 9.63. The van der Waals surface area contributed by atoms with E-state index in [2.05, 4.69) is 5.32 Å². The van der Waals surface area contributed by atoms with Gasteiger partial charge in [-0.25, -0.2) is 8.42 Å². The highest BCUT2D eigenvalue weighted by Gasteiger charge is 2.40. The number of hydrogen-bond donors (Lipinski definition) is 1. The summed E-state index contributed by atoms with van der Waals surface area (Å²) in [4.78, 5) is 0.443. The third-order valence-electron chi connectivity index (χ3n) is 4.07. The summed E-state index contributed by atoms with van der Waals surface area (Å²) in [7, 11) is -3.45. The van der Waals surface area contributed by atoms with Gasteiger partial charge in [0.05, 0.1) is 0 Å². The van der Waals surface area contributed by atoms with Gasteiger partial charge in [0, 0.05) is 18.6 Å². The predicted molar refractivity (Wildman–Crippen MR) is 77.0 cm³/mol. The zero-order valence-corrected chi connectivity index (χ0v) is 12.7. The second-order valence-corrected chi connectivity index (χ2v) is 8.46. The average molecular weight is 311 g/mol. The van der Waals surface area contributed by atoms with Gasteiger partial charge >= 0.3 is 0 Å². The van der Waals surface area contributed by atoms with Crippen molar-refractivity contribution in [2.75, 3.05) is 13.1 Å². The molecule has 0 bridgehead atoms. The number of nitriles is 1. The monoisotopic (exact) mass is 311 g/mol. The molecule has 0 saturated carbocycles. The van der Waals surface area contributed by atoms with Gasteiger partial charge < -0.3 is 5.32 Å². The number of nitrogens with zero attached hydrogens (tertiary/aromatic N) is 2. The molecule has 0 amide bonds. The Bertz CT molecular complexity index is 626. The maximum absolute atomic E-state index is 12.7. The highest BCUT2D eigenvalue weighted by molar-refractivity contribution is 7.91. The summed E-state index contributed by atoms with van der Waals surface area (Å²) < 4.78 is 27.4. The Morgan fingerprint density at radius 1 is 1.35 bits per heavy atom. The minimum atomic E-state index is -3.45. The van der Waals surface area contributed by atoms with Gasteiger partial charge in [0.25, 0.3) is 10.0 Å². The van der Waals surface area contributed by atoms with Crippen molar-refractivity contribution in [3.05, 3.63) is 17.0 Å². The van der Waals surface area contributed by atoms with E-state index in [9.17, 15) is 8.42 Å². The van der Waals surface area contributed by atoms with Crippen LogP contribution in [-0.2, 0) is 10.0 Å². The summed E-state index contributed by atoms with van der Waals surface area (Å²) in [5.41, 5.74) is 0. The number of nitrogens with one attached hydrogen (secondary N) is 1. The Kier molecular flexibility index (Phi) is 3.82. The van der Waals surface area contributed by atoms with Gasteiger partial charge in [-0.15, -0.1) is 11.3 Å². The Labute approximate surface area is 123 Å². The summed E-state index contributed by atoms with van der Waals surface area (Å²) in [5, 5.41) is 12.3. The van der Waals surface area contributed by atoms with Crippen LogP contribution in [0.25, 0.3) is 0 Å². The number of hydrogen-bond acceptors (Lipinski definition) is 5. The summed E-state index contributed by atoms with van der Waals surface area (Å²) in [6.45, 7) is 1.57. The first kappa shape index (κ1) is 14.0. The van der Waals surface area contributed by atoms with E-state index in [-0.39, 0.29) is 12.1 Å². The Morgan fingerprint density at radius 3 is 2.85 bits per heavy atom. The third kappa shape index (κ3) is 2.37. The zero-order valence-electron chi connectivity index (χ0n) is 11.1. The third-order valence-corrected chi connectivity index (χ3v) is 7.45. The molecule has 0 aromatic carbocycles. The number of thiophene rings is 1. The van der Waals surface area contributed by atoms with E-state index in [0.717, 1.165) is 43.6 Å². The average Bonchev–Trinajstić information content (AvgIpc) is 3.17. The molecule has 0 radical (unpaired) electrons. The van der Waals surface area contributed by atoms with Crippen LogP contribution in [0.3, 0.4) is 0 Å². The van der Waals surface area contributed by atoms with E-state index in [1.165, 1.54) is 0 Å². The first-order valence-electron chi connectivity index (χ1n) is 6.88. The van der Waals surface area contributed by atoms with Crippen LogP contribution in [0, 0.1) is 11.3 Å². The Hall–Kier alpha value is -0.940. The topological polar surface area (TPSA) is 73.2 Å². The highest BCUT2D eigenvalue weighted by atomic mass is 32.2. The molecule has 3 rings (SSSR count). The van der Waals surface area contributed by atoms with Crippen LogP contribution in [0.5, 0.6) is 0 Å². The van der Waals surface area contributed by atoms with Crippen LogP contribution in [0.15, 0.2) is 16.3 Å². The lowest BCUT2D eigenvalue weighted by atomic mass is 10.1. The number of sulfonamides is 1. The van der Waals surface area contributed by atoms with Crippen molar-refractivity contribution >= 4 is 21.4 Å². The van der Waals surface area contributed by atoms with Crippen molar-refractivity contribution in [2.45, 2.75) is 42.0 Å². The molecule has 2 aliphatic rings. The highest BCUT2D eigenvalue weighted by Crippen LogP contribution is 2.32. The van der Waals surface area contributed by atoms with Crippen molar-refractivity contribution in [3.8, 4) is 6.07 Å². The molecular formula is C13H17N3O2S2. The molecule has 2 atom stereocenters. The first-order valence-corrected chi connectivity index (χ1v) is 9.14. The van der Waals surface area contributed by atoms with E-state index < -0.39 is 10.0 Å². The molecule has 2 saturated heterocycles. The van der Waals surface area contributed by atoms with Crippen LogP contribution in [0.1, 0.15) is 30.6 Å². The molecule has 1 aromatic heterocycles. The largest absolute Gasteiger partial charge is 0.312 e. The maximum Gasteiger partial charge on any atom is 0.252 e. The molecule has 5 nitrogen and oxygen atoms in total. The summed E-state index contributed by atoms with van der Waals surface area (Å²) in [6.07, 6.45) is 4.00. The summed E-state index contributed by atoms with van der Waals surface area (Å²) in [6, 6.07) is 5.48. The minimum Gasteiger partial charge on any atom is -0.312 e. The van der Waals surface area contributed by atoms with Crippen molar-refractivity contribution < 1.29 is 8.42 Å². The van der Waals surface area contributed by atoms with E-state index in [1.54, 1.807) is 16.4 Å². The van der Waals surface area contributed by atoms with E-state index in [1.807, 2.05) is 6.07 Å². The van der Waals surface area contributed by atoms with Crippen molar-refractivity contribution in [3.63, 3.8) is 0 Å². The standard InChI is InChI=1S/C13H17N3O2S2/c14-9-10-5-6-13(19-10)20(17,18)16-8-2-4-12(16)11-3-1-7-15-11/h5-6,11-12,15H,1-4,7-8H2. The van der Waals surface area contributed by atoms with Crippen LogP contribution in [-0.4, -0.2) is 37.9 Å². The van der Waals surface area contributed by atoms with Crippen LogP contribution < -0.4 is 5.32 Å². The van der Waals surface area contributed by atoms with E-state index in [0.29, 0.717) is 15.6 Å². The van der Waals surface area contributed by atoms with Gasteiger partial charge in [0.15, 0.2) is 0 Å². The fraction of sp³-hybridized carbons (Fsp3) is 0.615. The molecule has 2 aliphatic heterocycles. The van der Waals surface area contributed by atoms with E-state index >= 15 is 0 Å².